The quantitative estimate of drug-likeness (QED) is 0.889. The Kier molecular flexibility index (Phi) is 4.01. The predicted molar refractivity (Wildman–Crippen MR) is 75.0 cm³/mol. The number of carboxylic acid groups (broad SMARTS) is 1. The van der Waals surface area contributed by atoms with E-state index in [9.17, 15) is 13.2 Å². The van der Waals surface area contributed by atoms with Gasteiger partial charge in [-0.25, -0.2) is 8.42 Å². The average molecular weight is 347 g/mol. The highest BCUT2D eigenvalue weighted by Crippen LogP contribution is 2.48. The van der Waals surface area contributed by atoms with E-state index in [1.54, 1.807) is 18.2 Å². The van der Waals surface area contributed by atoms with Gasteiger partial charge in [-0.15, -0.1) is 0 Å². The fourth-order valence-corrected chi connectivity index (χ4v) is 4.17. The molecule has 1 unspecified atom stereocenters. The minimum absolute atomic E-state index is 0.0319. The molecule has 104 valence electrons. The molecular formula is C13H15BrO4S. The molecule has 0 bridgehead atoms. The average Bonchev–Trinajstić information content (AvgIpc) is 3.08. The van der Waals surface area contributed by atoms with Crippen molar-refractivity contribution >= 4 is 31.7 Å². The lowest BCUT2D eigenvalue weighted by Gasteiger charge is -2.19. The van der Waals surface area contributed by atoms with Crippen LogP contribution in [0.3, 0.4) is 0 Å². The van der Waals surface area contributed by atoms with Gasteiger partial charge in [0.05, 0.1) is 11.3 Å². The van der Waals surface area contributed by atoms with Crippen molar-refractivity contribution in [3.8, 4) is 0 Å². The molecular weight excluding hydrogens is 332 g/mol. The molecule has 6 heteroatoms. The molecule has 0 saturated heterocycles. The molecule has 0 aromatic heterocycles. The van der Waals surface area contributed by atoms with Crippen molar-refractivity contribution in [1.29, 1.82) is 0 Å². The fourth-order valence-electron chi connectivity index (χ4n) is 2.39. The second-order valence-corrected chi connectivity index (χ2v) is 7.80. The van der Waals surface area contributed by atoms with Crippen LogP contribution in [-0.2, 0) is 14.6 Å². The maximum absolute atomic E-state index is 11.9. The molecule has 1 fully saturated rings. The normalized spacial score (nSPS) is 17.2. The lowest BCUT2D eigenvalue weighted by molar-refractivity contribution is -0.137. The Balaban J connectivity index is 2.55. The Bertz CT molecular complexity index is 605. The Morgan fingerprint density at radius 2 is 2.11 bits per heavy atom. The van der Waals surface area contributed by atoms with Crippen molar-refractivity contribution in [2.75, 3.05) is 6.26 Å². The number of carboxylic acids is 1. The number of benzene rings is 1. The monoisotopic (exact) mass is 346 g/mol. The minimum atomic E-state index is -3.37. The van der Waals surface area contributed by atoms with Crippen molar-refractivity contribution in [1.82, 2.24) is 0 Å². The molecule has 1 saturated carbocycles. The molecule has 1 aromatic carbocycles. The molecule has 0 radical (unpaired) electrons. The Morgan fingerprint density at radius 1 is 1.47 bits per heavy atom. The molecule has 0 heterocycles. The Hall–Kier alpha value is -0.880. The lowest BCUT2D eigenvalue weighted by Crippen LogP contribution is -2.13. The van der Waals surface area contributed by atoms with Crippen LogP contribution in [-0.4, -0.2) is 25.7 Å². The summed E-state index contributed by atoms with van der Waals surface area (Å²) in [6.45, 7) is 0. The van der Waals surface area contributed by atoms with Gasteiger partial charge in [0.25, 0.3) is 0 Å². The summed E-state index contributed by atoms with van der Waals surface area (Å²) in [5, 5.41) is 9.04. The van der Waals surface area contributed by atoms with Crippen LogP contribution in [0.4, 0.5) is 0 Å². The summed E-state index contributed by atoms with van der Waals surface area (Å²) in [5.74, 6) is -0.861. The molecule has 1 atom stereocenters. The number of aliphatic carboxylic acids is 1. The zero-order valence-electron chi connectivity index (χ0n) is 10.5. The number of halogens is 1. The smallest absolute Gasteiger partial charge is 0.303 e. The van der Waals surface area contributed by atoms with Gasteiger partial charge in [-0.1, -0.05) is 22.0 Å². The highest BCUT2D eigenvalue weighted by atomic mass is 79.9. The molecule has 19 heavy (non-hydrogen) atoms. The van der Waals surface area contributed by atoms with E-state index in [1.807, 2.05) is 0 Å². The Morgan fingerprint density at radius 3 is 2.58 bits per heavy atom. The summed E-state index contributed by atoms with van der Waals surface area (Å²) in [4.78, 5) is 11.3. The second-order valence-electron chi connectivity index (χ2n) is 4.97. The fraction of sp³-hybridized carbons (Fsp3) is 0.462. The van der Waals surface area contributed by atoms with Crippen LogP contribution in [0.1, 0.15) is 30.7 Å². The van der Waals surface area contributed by atoms with E-state index in [0.717, 1.165) is 19.1 Å². The van der Waals surface area contributed by atoms with Crippen molar-refractivity contribution in [2.24, 2.45) is 5.92 Å². The number of carbonyl (C=O) groups is 1. The van der Waals surface area contributed by atoms with Crippen LogP contribution >= 0.6 is 15.9 Å². The van der Waals surface area contributed by atoms with E-state index in [2.05, 4.69) is 15.9 Å². The van der Waals surface area contributed by atoms with Gasteiger partial charge in [0.2, 0.25) is 0 Å². The van der Waals surface area contributed by atoms with Gasteiger partial charge in [0.1, 0.15) is 0 Å². The SMILES string of the molecule is CS(=O)(=O)c1cccc(Br)c1C(CC(=O)O)C1CC1. The summed E-state index contributed by atoms with van der Waals surface area (Å²) in [5.41, 5.74) is 0.620. The zero-order chi connectivity index (χ0) is 14.2. The second kappa shape index (κ2) is 5.25. The third-order valence-electron chi connectivity index (χ3n) is 3.37. The van der Waals surface area contributed by atoms with E-state index >= 15 is 0 Å². The predicted octanol–water partition coefficient (Wildman–Crippen LogP) is 2.82. The third kappa shape index (κ3) is 3.36. The van der Waals surface area contributed by atoms with Gasteiger partial charge in [-0.2, -0.15) is 0 Å². The minimum Gasteiger partial charge on any atom is -0.481 e. The molecule has 2 rings (SSSR count). The lowest BCUT2D eigenvalue weighted by atomic mass is 9.91. The van der Waals surface area contributed by atoms with Crippen molar-refractivity contribution in [2.45, 2.75) is 30.1 Å². The first-order valence-corrected chi connectivity index (χ1v) is 8.69. The van der Waals surface area contributed by atoms with Crippen LogP contribution in [0.15, 0.2) is 27.6 Å². The van der Waals surface area contributed by atoms with Crippen LogP contribution in [0.25, 0.3) is 0 Å². The first-order valence-electron chi connectivity index (χ1n) is 6.01. The topological polar surface area (TPSA) is 71.4 Å². The van der Waals surface area contributed by atoms with Crippen molar-refractivity contribution in [3.63, 3.8) is 0 Å². The van der Waals surface area contributed by atoms with Crippen LogP contribution in [0.5, 0.6) is 0 Å². The summed E-state index contributed by atoms with van der Waals surface area (Å²) in [7, 11) is -3.37. The van der Waals surface area contributed by atoms with E-state index in [4.69, 9.17) is 5.11 Å². The van der Waals surface area contributed by atoms with E-state index in [1.165, 1.54) is 0 Å². The van der Waals surface area contributed by atoms with Crippen molar-refractivity contribution < 1.29 is 18.3 Å². The third-order valence-corrected chi connectivity index (χ3v) is 5.22. The number of rotatable bonds is 5. The molecule has 0 amide bonds. The largest absolute Gasteiger partial charge is 0.481 e. The number of hydrogen-bond donors (Lipinski definition) is 1. The first kappa shape index (κ1) is 14.5. The van der Waals surface area contributed by atoms with Gasteiger partial charge in [-0.3, -0.25) is 4.79 Å². The maximum Gasteiger partial charge on any atom is 0.303 e. The van der Waals surface area contributed by atoms with Gasteiger partial charge < -0.3 is 5.11 Å². The van der Waals surface area contributed by atoms with E-state index < -0.39 is 15.8 Å². The maximum atomic E-state index is 11.9. The molecule has 1 aromatic rings. The van der Waals surface area contributed by atoms with Gasteiger partial charge in [-0.05, 0) is 42.4 Å². The highest BCUT2D eigenvalue weighted by molar-refractivity contribution is 9.10. The van der Waals surface area contributed by atoms with E-state index in [0.29, 0.717) is 10.0 Å². The standard InChI is InChI=1S/C13H15BrO4S/c1-19(17,18)11-4-2-3-10(14)13(11)9(7-12(15)16)8-5-6-8/h2-4,8-9H,5-7H2,1H3,(H,15,16). The molecule has 1 N–H and O–H groups in total. The summed E-state index contributed by atoms with van der Waals surface area (Å²) < 4.78 is 24.4. The van der Waals surface area contributed by atoms with Crippen LogP contribution in [0.2, 0.25) is 0 Å². The summed E-state index contributed by atoms with van der Waals surface area (Å²) >= 11 is 3.37. The van der Waals surface area contributed by atoms with Crippen LogP contribution in [0, 0.1) is 5.92 Å². The highest BCUT2D eigenvalue weighted by Gasteiger charge is 2.37. The molecule has 0 aliphatic heterocycles. The number of hydrogen-bond acceptors (Lipinski definition) is 3. The van der Waals surface area contributed by atoms with Crippen molar-refractivity contribution in [3.05, 3.63) is 28.2 Å². The van der Waals surface area contributed by atoms with Gasteiger partial charge in [0.15, 0.2) is 9.84 Å². The van der Waals surface area contributed by atoms with E-state index in [-0.39, 0.29) is 23.2 Å². The molecule has 1 aliphatic rings. The van der Waals surface area contributed by atoms with Crippen LogP contribution < -0.4 is 0 Å². The van der Waals surface area contributed by atoms with Gasteiger partial charge >= 0.3 is 5.97 Å². The molecule has 1 aliphatic carbocycles. The first-order chi connectivity index (χ1) is 8.80. The Labute approximate surface area is 120 Å². The molecule has 0 spiro atoms. The molecule has 4 nitrogen and oxygen atoms in total. The summed E-state index contributed by atoms with van der Waals surface area (Å²) in [6.07, 6.45) is 3.05. The summed E-state index contributed by atoms with van der Waals surface area (Å²) in [6, 6.07) is 4.97. The number of sulfone groups is 1. The van der Waals surface area contributed by atoms with Gasteiger partial charge in [0, 0.05) is 10.7 Å². The zero-order valence-corrected chi connectivity index (χ0v) is 12.9.